The van der Waals surface area contributed by atoms with E-state index in [2.05, 4.69) is 5.32 Å². The standard InChI is InChI=1S/C19H25NO7S/c1-6-19(17(24)25)10(2)18(3,16(22)23)28-15(19)20-14(21)13-11(26-4)8-7-9-12(13)27-5/h7-10,15H,6H2,1-5H3,(H,20,21)(H,22,23)(H,24,25)/p-2. The minimum Gasteiger partial charge on any atom is -0.549 e. The molecule has 1 aromatic carbocycles. The Bertz CT molecular complexity index is 776. The Balaban J connectivity index is 2.51. The molecule has 8 nitrogen and oxygen atoms in total. The van der Waals surface area contributed by atoms with Crippen molar-refractivity contribution in [1.82, 2.24) is 5.32 Å². The zero-order valence-corrected chi connectivity index (χ0v) is 17.2. The molecule has 4 atom stereocenters. The SMILES string of the molecule is CCC1(C(=O)[O-])C(NC(=O)c2c(OC)cccc2OC)SC(C)(C(=O)[O-])C1C. The van der Waals surface area contributed by atoms with Crippen LogP contribution >= 0.6 is 11.8 Å². The highest BCUT2D eigenvalue weighted by atomic mass is 32.2. The van der Waals surface area contributed by atoms with Gasteiger partial charge < -0.3 is 34.6 Å². The third kappa shape index (κ3) is 3.17. The molecule has 0 saturated carbocycles. The van der Waals surface area contributed by atoms with Gasteiger partial charge in [0.1, 0.15) is 17.1 Å². The molecule has 0 radical (unpaired) electrons. The maximum atomic E-state index is 13.0. The van der Waals surface area contributed by atoms with Crippen LogP contribution in [0.15, 0.2) is 18.2 Å². The van der Waals surface area contributed by atoms with E-state index in [1.165, 1.54) is 28.1 Å². The number of carbonyl (C=O) groups is 3. The Morgan fingerprint density at radius 3 is 2.07 bits per heavy atom. The van der Waals surface area contributed by atoms with Crippen molar-refractivity contribution in [3.8, 4) is 11.5 Å². The molecule has 1 aliphatic rings. The van der Waals surface area contributed by atoms with Gasteiger partial charge in [-0.05, 0) is 31.4 Å². The highest BCUT2D eigenvalue weighted by molar-refractivity contribution is 8.02. The van der Waals surface area contributed by atoms with Crippen LogP contribution in [0.3, 0.4) is 0 Å². The summed E-state index contributed by atoms with van der Waals surface area (Å²) in [4.78, 5) is 36.9. The molecular formula is C19H23NO7S-2. The van der Waals surface area contributed by atoms with Gasteiger partial charge in [0, 0.05) is 5.41 Å². The number of thioether (sulfide) groups is 1. The summed E-state index contributed by atoms with van der Waals surface area (Å²) >= 11 is 0.842. The molecule has 2 rings (SSSR count). The number of nitrogens with one attached hydrogen (secondary N) is 1. The number of carboxylic acid groups (broad SMARTS) is 2. The summed E-state index contributed by atoms with van der Waals surface area (Å²) < 4.78 is 8.92. The first-order valence-corrected chi connectivity index (χ1v) is 9.60. The molecule has 1 fully saturated rings. The number of rotatable bonds is 7. The van der Waals surface area contributed by atoms with Gasteiger partial charge in [0.05, 0.1) is 36.3 Å². The fourth-order valence-corrected chi connectivity index (χ4v) is 5.58. The lowest BCUT2D eigenvalue weighted by molar-refractivity contribution is -0.324. The summed E-state index contributed by atoms with van der Waals surface area (Å²) in [5, 5.41) is 25.5. The fraction of sp³-hybridized carbons (Fsp3) is 0.526. The molecule has 4 unspecified atom stereocenters. The molecule has 1 heterocycles. The second-order valence-corrected chi connectivity index (χ2v) is 8.36. The molecule has 1 aromatic rings. The van der Waals surface area contributed by atoms with E-state index in [0.29, 0.717) is 0 Å². The Labute approximate surface area is 167 Å². The third-order valence-corrected chi connectivity index (χ3v) is 7.50. The first-order valence-electron chi connectivity index (χ1n) is 8.72. The molecule has 0 spiro atoms. The molecule has 1 N–H and O–H groups in total. The van der Waals surface area contributed by atoms with Gasteiger partial charge in [-0.2, -0.15) is 0 Å². The second kappa shape index (κ2) is 7.90. The number of amides is 1. The quantitative estimate of drug-likeness (QED) is 0.656. The Kier molecular flexibility index (Phi) is 6.18. The number of aliphatic carboxylic acids is 2. The lowest BCUT2D eigenvalue weighted by Crippen LogP contribution is -2.57. The number of carbonyl (C=O) groups excluding carboxylic acids is 3. The number of benzene rings is 1. The minimum absolute atomic E-state index is 0.0698. The predicted molar refractivity (Wildman–Crippen MR) is 98.7 cm³/mol. The Morgan fingerprint density at radius 2 is 1.68 bits per heavy atom. The maximum Gasteiger partial charge on any atom is 0.259 e. The number of ether oxygens (including phenoxy) is 2. The summed E-state index contributed by atoms with van der Waals surface area (Å²) in [7, 11) is 2.78. The maximum absolute atomic E-state index is 13.0. The number of hydrogen-bond acceptors (Lipinski definition) is 8. The van der Waals surface area contributed by atoms with Crippen molar-refractivity contribution in [3.05, 3.63) is 23.8 Å². The number of methoxy groups -OCH3 is 2. The van der Waals surface area contributed by atoms with Crippen molar-refractivity contribution in [3.63, 3.8) is 0 Å². The Morgan fingerprint density at radius 1 is 1.14 bits per heavy atom. The topological polar surface area (TPSA) is 128 Å². The molecule has 0 aliphatic carbocycles. The highest BCUT2D eigenvalue weighted by Crippen LogP contribution is 2.58. The van der Waals surface area contributed by atoms with E-state index in [1.807, 2.05) is 0 Å². The van der Waals surface area contributed by atoms with E-state index in [-0.39, 0.29) is 23.5 Å². The van der Waals surface area contributed by atoms with E-state index in [4.69, 9.17) is 9.47 Å². The molecule has 0 aromatic heterocycles. The van der Waals surface area contributed by atoms with Gasteiger partial charge in [0.2, 0.25) is 0 Å². The van der Waals surface area contributed by atoms with Gasteiger partial charge in [-0.1, -0.05) is 19.9 Å². The first-order chi connectivity index (χ1) is 13.1. The lowest BCUT2D eigenvalue weighted by Gasteiger charge is -2.41. The zero-order valence-electron chi connectivity index (χ0n) is 16.4. The summed E-state index contributed by atoms with van der Waals surface area (Å²) in [5.74, 6) is -3.82. The molecule has 1 amide bonds. The summed E-state index contributed by atoms with van der Waals surface area (Å²) in [6.07, 6.45) is 0.0698. The molecule has 0 bridgehead atoms. The third-order valence-electron chi connectivity index (χ3n) is 5.72. The van der Waals surface area contributed by atoms with Gasteiger partial charge in [-0.3, -0.25) is 4.79 Å². The van der Waals surface area contributed by atoms with E-state index in [1.54, 1.807) is 25.1 Å². The van der Waals surface area contributed by atoms with Crippen LogP contribution in [0.4, 0.5) is 0 Å². The normalized spacial score (nSPS) is 29.2. The van der Waals surface area contributed by atoms with E-state index >= 15 is 0 Å². The van der Waals surface area contributed by atoms with Crippen LogP contribution in [0.2, 0.25) is 0 Å². The molecule has 9 heteroatoms. The first kappa shape index (κ1) is 21.9. The summed E-state index contributed by atoms with van der Waals surface area (Å²) in [5.41, 5.74) is -1.50. The van der Waals surface area contributed by atoms with Gasteiger partial charge in [-0.25, -0.2) is 0 Å². The van der Waals surface area contributed by atoms with E-state index < -0.39 is 39.3 Å². The van der Waals surface area contributed by atoms with Crippen molar-refractivity contribution in [2.24, 2.45) is 11.3 Å². The highest BCUT2D eigenvalue weighted by Gasteiger charge is 2.60. The molecule has 1 saturated heterocycles. The lowest BCUT2D eigenvalue weighted by atomic mass is 9.68. The van der Waals surface area contributed by atoms with Crippen LogP contribution in [0.5, 0.6) is 11.5 Å². The summed E-state index contributed by atoms with van der Waals surface area (Å²) in [6, 6.07) is 4.78. The predicted octanol–water partition coefficient (Wildman–Crippen LogP) is -0.202. The van der Waals surface area contributed by atoms with Crippen molar-refractivity contribution in [2.75, 3.05) is 14.2 Å². The van der Waals surface area contributed by atoms with Gasteiger partial charge in [0.15, 0.2) is 0 Å². The van der Waals surface area contributed by atoms with Crippen LogP contribution in [0.1, 0.15) is 37.6 Å². The van der Waals surface area contributed by atoms with Crippen molar-refractivity contribution < 1.29 is 34.1 Å². The average Bonchev–Trinajstić information content (AvgIpc) is 2.89. The molecule has 1 aliphatic heterocycles. The van der Waals surface area contributed by atoms with E-state index in [9.17, 15) is 24.6 Å². The number of carboxylic acids is 2. The molecular weight excluding hydrogens is 386 g/mol. The Hall–Kier alpha value is -2.42. The second-order valence-electron chi connectivity index (χ2n) is 6.81. The van der Waals surface area contributed by atoms with Gasteiger partial charge in [0.25, 0.3) is 5.91 Å². The van der Waals surface area contributed by atoms with Crippen LogP contribution in [0.25, 0.3) is 0 Å². The van der Waals surface area contributed by atoms with Crippen LogP contribution in [-0.2, 0) is 9.59 Å². The monoisotopic (exact) mass is 409 g/mol. The largest absolute Gasteiger partial charge is 0.549 e. The molecule has 154 valence electrons. The van der Waals surface area contributed by atoms with Crippen LogP contribution in [-0.4, -0.2) is 42.2 Å². The smallest absolute Gasteiger partial charge is 0.259 e. The van der Waals surface area contributed by atoms with Crippen molar-refractivity contribution >= 4 is 29.6 Å². The molecule has 28 heavy (non-hydrogen) atoms. The van der Waals surface area contributed by atoms with Crippen LogP contribution < -0.4 is 25.0 Å². The van der Waals surface area contributed by atoms with Crippen molar-refractivity contribution in [2.45, 2.75) is 37.3 Å². The zero-order chi connectivity index (χ0) is 21.3. The van der Waals surface area contributed by atoms with E-state index in [0.717, 1.165) is 11.8 Å². The van der Waals surface area contributed by atoms with Gasteiger partial charge in [-0.15, -0.1) is 11.8 Å². The van der Waals surface area contributed by atoms with Crippen LogP contribution in [0, 0.1) is 11.3 Å². The summed E-state index contributed by atoms with van der Waals surface area (Å²) in [6.45, 7) is 4.55. The number of hydrogen-bond donors (Lipinski definition) is 1. The van der Waals surface area contributed by atoms with Gasteiger partial charge >= 0.3 is 0 Å². The average molecular weight is 409 g/mol. The fourth-order valence-electron chi connectivity index (χ4n) is 3.74. The minimum atomic E-state index is -1.59. The van der Waals surface area contributed by atoms with Crippen molar-refractivity contribution in [1.29, 1.82) is 0 Å².